The van der Waals surface area contributed by atoms with E-state index in [0.717, 1.165) is 30.8 Å². The monoisotopic (exact) mass is 285 g/mol. The third kappa shape index (κ3) is 2.63. The van der Waals surface area contributed by atoms with Crippen LogP contribution in [0, 0.1) is 6.92 Å². The van der Waals surface area contributed by atoms with E-state index < -0.39 is 0 Å². The molecule has 2 heterocycles. The predicted octanol–water partition coefficient (Wildman–Crippen LogP) is 3.16. The average molecular weight is 285 g/mol. The first-order valence-electron chi connectivity index (χ1n) is 7.32. The van der Waals surface area contributed by atoms with E-state index in [1.165, 1.54) is 5.56 Å². The zero-order valence-corrected chi connectivity index (χ0v) is 12.3. The topological polar surface area (TPSA) is 67.2 Å². The summed E-state index contributed by atoms with van der Waals surface area (Å²) in [5.41, 5.74) is 4.40. The van der Waals surface area contributed by atoms with Gasteiger partial charge in [-0.15, -0.1) is 0 Å². The van der Waals surface area contributed by atoms with E-state index in [0.29, 0.717) is 23.4 Å². The number of nitrogens with zero attached hydrogens (tertiary/aromatic N) is 1. The van der Waals surface area contributed by atoms with Crippen LogP contribution >= 0.6 is 0 Å². The van der Waals surface area contributed by atoms with Crippen molar-refractivity contribution in [2.75, 3.05) is 17.2 Å². The van der Waals surface area contributed by atoms with Crippen LogP contribution < -0.4 is 10.6 Å². The highest BCUT2D eigenvalue weighted by Gasteiger charge is 2.19. The number of aryl methyl sites for hydroxylation is 3. The molecule has 0 unspecified atom stereocenters. The summed E-state index contributed by atoms with van der Waals surface area (Å²) < 4.78 is 5.17. The lowest BCUT2D eigenvalue weighted by Gasteiger charge is -2.18. The Labute approximate surface area is 123 Å². The lowest BCUT2D eigenvalue weighted by atomic mass is 10.0. The van der Waals surface area contributed by atoms with Crippen molar-refractivity contribution in [3.8, 4) is 0 Å². The minimum atomic E-state index is -0.158. The fraction of sp³-hybridized carbons (Fsp3) is 0.375. The number of benzene rings is 1. The number of carbonyl (C=O) groups is 1. The van der Waals surface area contributed by atoms with E-state index in [2.05, 4.69) is 15.8 Å². The number of rotatable bonds is 3. The van der Waals surface area contributed by atoms with Crippen molar-refractivity contribution in [3.63, 3.8) is 0 Å². The molecular weight excluding hydrogens is 266 g/mol. The maximum absolute atomic E-state index is 12.4. The highest BCUT2D eigenvalue weighted by molar-refractivity contribution is 6.05. The molecule has 1 aliphatic rings. The van der Waals surface area contributed by atoms with E-state index in [1.807, 2.05) is 25.1 Å². The van der Waals surface area contributed by atoms with Gasteiger partial charge in [-0.3, -0.25) is 4.79 Å². The Bertz CT molecular complexity index is 676. The molecule has 3 rings (SSSR count). The summed E-state index contributed by atoms with van der Waals surface area (Å²) in [7, 11) is 0. The second-order valence-corrected chi connectivity index (χ2v) is 5.28. The predicted molar refractivity (Wildman–Crippen MR) is 81.8 cm³/mol. The van der Waals surface area contributed by atoms with Crippen molar-refractivity contribution in [2.24, 2.45) is 0 Å². The lowest BCUT2D eigenvalue weighted by Crippen LogP contribution is -2.16. The molecule has 0 saturated heterocycles. The molecule has 2 aromatic rings. The fourth-order valence-electron chi connectivity index (χ4n) is 2.70. The Morgan fingerprint density at radius 2 is 2.33 bits per heavy atom. The molecule has 1 aromatic carbocycles. The van der Waals surface area contributed by atoms with E-state index in [9.17, 15) is 4.79 Å². The van der Waals surface area contributed by atoms with Crippen LogP contribution in [-0.2, 0) is 12.8 Å². The molecule has 0 spiro atoms. The maximum atomic E-state index is 12.4. The first-order chi connectivity index (χ1) is 10.2. The zero-order valence-electron chi connectivity index (χ0n) is 12.3. The first-order valence-corrected chi connectivity index (χ1v) is 7.32. The molecule has 21 heavy (non-hydrogen) atoms. The van der Waals surface area contributed by atoms with Crippen molar-refractivity contribution < 1.29 is 9.32 Å². The number of aromatic nitrogens is 1. The van der Waals surface area contributed by atoms with Crippen molar-refractivity contribution in [1.29, 1.82) is 0 Å². The summed E-state index contributed by atoms with van der Waals surface area (Å²) in [6.07, 6.45) is 2.81. The van der Waals surface area contributed by atoms with Crippen LogP contribution in [0.2, 0.25) is 0 Å². The molecule has 0 saturated carbocycles. The molecule has 0 fully saturated rings. The number of amides is 1. The van der Waals surface area contributed by atoms with Crippen molar-refractivity contribution in [1.82, 2.24) is 5.16 Å². The van der Waals surface area contributed by atoms with Gasteiger partial charge in [0.05, 0.1) is 5.69 Å². The van der Waals surface area contributed by atoms with Crippen molar-refractivity contribution in [3.05, 3.63) is 40.8 Å². The van der Waals surface area contributed by atoms with Gasteiger partial charge in [0.2, 0.25) is 0 Å². The quantitative estimate of drug-likeness (QED) is 0.909. The molecule has 110 valence electrons. The Balaban J connectivity index is 1.83. The standard InChI is InChI=1S/C16H19N3O2/c1-3-14-15(10(2)19-21-14)16(20)18-12-6-7-13-11(9-12)5-4-8-17-13/h6-7,9,17H,3-5,8H2,1-2H3,(H,18,20). The van der Waals surface area contributed by atoms with Crippen LogP contribution in [0.3, 0.4) is 0 Å². The second-order valence-electron chi connectivity index (χ2n) is 5.28. The summed E-state index contributed by atoms with van der Waals surface area (Å²) in [5, 5.41) is 10.2. The summed E-state index contributed by atoms with van der Waals surface area (Å²) in [6.45, 7) is 4.74. The third-order valence-corrected chi connectivity index (χ3v) is 3.78. The van der Waals surface area contributed by atoms with Gasteiger partial charge in [-0.05, 0) is 43.5 Å². The van der Waals surface area contributed by atoms with Gasteiger partial charge in [-0.25, -0.2) is 0 Å². The number of anilines is 2. The zero-order chi connectivity index (χ0) is 14.8. The Morgan fingerprint density at radius 3 is 3.14 bits per heavy atom. The van der Waals surface area contributed by atoms with Crippen LogP contribution in [0.4, 0.5) is 11.4 Å². The molecule has 1 amide bonds. The van der Waals surface area contributed by atoms with Gasteiger partial charge in [0.1, 0.15) is 11.3 Å². The van der Waals surface area contributed by atoms with E-state index in [1.54, 1.807) is 6.92 Å². The van der Waals surface area contributed by atoms with Gasteiger partial charge in [0, 0.05) is 24.3 Å². The highest BCUT2D eigenvalue weighted by Crippen LogP contribution is 2.26. The van der Waals surface area contributed by atoms with Crippen LogP contribution in [0.1, 0.15) is 40.7 Å². The number of hydrogen-bond donors (Lipinski definition) is 2. The first kappa shape index (κ1) is 13.7. The second kappa shape index (κ2) is 5.60. The number of fused-ring (bicyclic) bond motifs is 1. The molecule has 1 aliphatic heterocycles. The summed E-state index contributed by atoms with van der Waals surface area (Å²) >= 11 is 0. The molecule has 0 atom stereocenters. The molecule has 0 radical (unpaired) electrons. The fourth-order valence-corrected chi connectivity index (χ4v) is 2.70. The Hall–Kier alpha value is -2.30. The molecule has 0 bridgehead atoms. The molecule has 1 aromatic heterocycles. The third-order valence-electron chi connectivity index (χ3n) is 3.78. The van der Waals surface area contributed by atoms with Crippen molar-refractivity contribution in [2.45, 2.75) is 33.1 Å². The van der Waals surface area contributed by atoms with Crippen LogP contribution in [-0.4, -0.2) is 17.6 Å². The maximum Gasteiger partial charge on any atom is 0.261 e. The SMILES string of the molecule is CCc1onc(C)c1C(=O)Nc1ccc2c(c1)CCCN2. The summed E-state index contributed by atoms with van der Waals surface area (Å²) in [5.74, 6) is 0.471. The minimum absolute atomic E-state index is 0.158. The van der Waals surface area contributed by atoms with Gasteiger partial charge >= 0.3 is 0 Å². The normalized spacial score (nSPS) is 13.4. The molecule has 5 heteroatoms. The number of carbonyl (C=O) groups excluding carboxylic acids is 1. The van der Waals surface area contributed by atoms with Gasteiger partial charge in [-0.2, -0.15) is 0 Å². The summed E-state index contributed by atoms with van der Waals surface area (Å²) in [6, 6.07) is 5.97. The largest absolute Gasteiger partial charge is 0.385 e. The summed E-state index contributed by atoms with van der Waals surface area (Å²) in [4.78, 5) is 12.4. The van der Waals surface area contributed by atoms with E-state index >= 15 is 0 Å². The molecule has 2 N–H and O–H groups in total. The Kier molecular flexibility index (Phi) is 3.64. The van der Waals surface area contributed by atoms with Crippen molar-refractivity contribution >= 4 is 17.3 Å². The molecule has 5 nitrogen and oxygen atoms in total. The van der Waals surface area contributed by atoms with Crippen LogP contribution in [0.15, 0.2) is 22.7 Å². The van der Waals surface area contributed by atoms with E-state index in [-0.39, 0.29) is 5.91 Å². The van der Waals surface area contributed by atoms with Gasteiger partial charge < -0.3 is 15.2 Å². The van der Waals surface area contributed by atoms with Gasteiger partial charge in [0.15, 0.2) is 0 Å². The highest BCUT2D eigenvalue weighted by atomic mass is 16.5. The van der Waals surface area contributed by atoms with Gasteiger partial charge in [-0.1, -0.05) is 12.1 Å². The number of hydrogen-bond acceptors (Lipinski definition) is 4. The number of nitrogens with one attached hydrogen (secondary N) is 2. The smallest absolute Gasteiger partial charge is 0.261 e. The average Bonchev–Trinajstić information content (AvgIpc) is 2.88. The molecule has 0 aliphatic carbocycles. The Morgan fingerprint density at radius 1 is 1.48 bits per heavy atom. The van der Waals surface area contributed by atoms with Crippen LogP contribution in [0.25, 0.3) is 0 Å². The minimum Gasteiger partial charge on any atom is -0.385 e. The van der Waals surface area contributed by atoms with E-state index in [4.69, 9.17) is 4.52 Å². The van der Waals surface area contributed by atoms with Crippen LogP contribution in [0.5, 0.6) is 0 Å². The lowest BCUT2D eigenvalue weighted by molar-refractivity contribution is 0.102. The molecular formula is C16H19N3O2. The van der Waals surface area contributed by atoms with Gasteiger partial charge in [0.25, 0.3) is 5.91 Å².